The molecule has 0 aliphatic heterocycles. The molecule has 1 unspecified atom stereocenters. The van der Waals surface area contributed by atoms with E-state index in [-0.39, 0.29) is 17.3 Å². The molecule has 0 bridgehead atoms. The zero-order valence-electron chi connectivity index (χ0n) is 20.0. The quantitative estimate of drug-likeness (QED) is 0.448. The highest BCUT2D eigenvalue weighted by Crippen LogP contribution is 2.42. The average molecular weight is 471 g/mol. The lowest BCUT2D eigenvalue weighted by atomic mass is 9.75. The van der Waals surface area contributed by atoms with Crippen LogP contribution in [0.2, 0.25) is 0 Å². The molecular weight excluding hydrogens is 444 g/mol. The van der Waals surface area contributed by atoms with E-state index in [9.17, 15) is 9.59 Å². The van der Waals surface area contributed by atoms with Crippen LogP contribution in [-0.4, -0.2) is 53.8 Å². The SMILES string of the molecule is COc1ccc(C2Cc3c(cnc4[nH]n(-c5ccccc5)c(=O)c34)C(=O)/C2=C\N(C)C)c(OC)c1. The number of para-hydroxylation sites is 1. The lowest BCUT2D eigenvalue weighted by Gasteiger charge is -2.29. The number of aromatic amines is 1. The second kappa shape index (κ2) is 8.79. The lowest BCUT2D eigenvalue weighted by molar-refractivity contribution is 0.101. The predicted molar refractivity (Wildman–Crippen MR) is 134 cm³/mol. The van der Waals surface area contributed by atoms with Gasteiger partial charge in [-0.2, -0.15) is 0 Å². The summed E-state index contributed by atoms with van der Waals surface area (Å²) in [4.78, 5) is 33.6. The molecule has 0 saturated carbocycles. The summed E-state index contributed by atoms with van der Waals surface area (Å²) in [6.45, 7) is 0. The normalized spacial score (nSPS) is 16.4. The number of Topliss-reactive ketones (excluding diaryl/α,β-unsaturated/α-hetero) is 1. The van der Waals surface area contributed by atoms with Gasteiger partial charge >= 0.3 is 0 Å². The number of nitrogens with zero attached hydrogens (tertiary/aromatic N) is 3. The Morgan fingerprint density at radius 3 is 2.54 bits per heavy atom. The van der Waals surface area contributed by atoms with Gasteiger partial charge in [-0.3, -0.25) is 14.7 Å². The highest BCUT2D eigenvalue weighted by atomic mass is 16.5. The predicted octanol–water partition coefficient (Wildman–Crippen LogP) is 3.70. The van der Waals surface area contributed by atoms with Crippen LogP contribution in [0.25, 0.3) is 16.7 Å². The fraction of sp³-hybridized carbons (Fsp3) is 0.222. The van der Waals surface area contributed by atoms with E-state index in [4.69, 9.17) is 9.47 Å². The number of aromatic nitrogens is 3. The number of H-pyrrole nitrogens is 1. The minimum absolute atomic E-state index is 0.149. The largest absolute Gasteiger partial charge is 0.497 e. The number of ether oxygens (including phenoxy) is 2. The van der Waals surface area contributed by atoms with E-state index in [1.54, 1.807) is 20.4 Å². The zero-order chi connectivity index (χ0) is 24.7. The Bertz CT molecular complexity index is 1520. The van der Waals surface area contributed by atoms with Crippen molar-refractivity contribution in [1.82, 2.24) is 19.7 Å². The summed E-state index contributed by atoms with van der Waals surface area (Å²) in [5.41, 5.74) is 3.53. The van der Waals surface area contributed by atoms with Gasteiger partial charge in [-0.15, -0.1) is 0 Å². The highest BCUT2D eigenvalue weighted by molar-refractivity contribution is 6.13. The number of pyridine rings is 1. The van der Waals surface area contributed by atoms with E-state index < -0.39 is 0 Å². The Hall–Kier alpha value is -4.33. The van der Waals surface area contributed by atoms with Crippen molar-refractivity contribution in [2.24, 2.45) is 0 Å². The van der Waals surface area contributed by atoms with E-state index in [0.29, 0.717) is 51.3 Å². The van der Waals surface area contributed by atoms with Crippen LogP contribution in [0.1, 0.15) is 27.4 Å². The number of fused-ring (bicyclic) bond motifs is 3. The Balaban J connectivity index is 1.74. The van der Waals surface area contributed by atoms with Crippen LogP contribution in [0.3, 0.4) is 0 Å². The van der Waals surface area contributed by atoms with Gasteiger partial charge in [0.05, 0.1) is 25.3 Å². The molecule has 0 saturated heterocycles. The van der Waals surface area contributed by atoms with Gasteiger partial charge in [-0.1, -0.05) is 24.3 Å². The van der Waals surface area contributed by atoms with Gasteiger partial charge in [0.15, 0.2) is 11.4 Å². The molecule has 1 N–H and O–H groups in total. The van der Waals surface area contributed by atoms with Crippen molar-refractivity contribution in [1.29, 1.82) is 0 Å². The van der Waals surface area contributed by atoms with Crippen molar-refractivity contribution in [2.45, 2.75) is 12.3 Å². The van der Waals surface area contributed by atoms with Crippen LogP contribution in [0, 0.1) is 0 Å². The van der Waals surface area contributed by atoms with Gasteiger partial charge in [-0.05, 0) is 30.2 Å². The summed E-state index contributed by atoms with van der Waals surface area (Å²) in [7, 11) is 6.95. The highest BCUT2D eigenvalue weighted by Gasteiger charge is 2.36. The third-order valence-electron chi connectivity index (χ3n) is 6.34. The maximum Gasteiger partial charge on any atom is 0.281 e. The van der Waals surface area contributed by atoms with Gasteiger partial charge in [0.1, 0.15) is 11.5 Å². The van der Waals surface area contributed by atoms with E-state index in [1.165, 1.54) is 4.68 Å². The number of hydrogen-bond donors (Lipinski definition) is 1. The Kier molecular flexibility index (Phi) is 5.64. The molecule has 178 valence electrons. The molecular formula is C27H26N4O4. The minimum atomic E-state index is -0.316. The Morgan fingerprint density at radius 2 is 1.86 bits per heavy atom. The molecule has 0 amide bonds. The van der Waals surface area contributed by atoms with E-state index in [1.807, 2.05) is 73.7 Å². The third kappa shape index (κ3) is 3.77. The van der Waals surface area contributed by atoms with Crippen molar-refractivity contribution in [3.8, 4) is 17.2 Å². The molecule has 1 aliphatic carbocycles. The van der Waals surface area contributed by atoms with Crippen LogP contribution in [0.4, 0.5) is 0 Å². The Morgan fingerprint density at radius 1 is 1.09 bits per heavy atom. The molecule has 2 aromatic heterocycles. The number of carbonyl (C=O) groups excluding carboxylic acids is 1. The molecule has 0 spiro atoms. The number of hydrogen-bond acceptors (Lipinski definition) is 6. The summed E-state index contributed by atoms with van der Waals surface area (Å²) in [6.07, 6.45) is 3.85. The van der Waals surface area contributed by atoms with Gasteiger partial charge in [0, 0.05) is 55.2 Å². The van der Waals surface area contributed by atoms with Gasteiger partial charge in [0.2, 0.25) is 0 Å². The molecule has 5 rings (SSSR count). The van der Waals surface area contributed by atoms with Crippen LogP contribution in [-0.2, 0) is 6.42 Å². The minimum Gasteiger partial charge on any atom is -0.497 e. The second-order valence-electron chi connectivity index (χ2n) is 8.70. The summed E-state index contributed by atoms with van der Waals surface area (Å²) in [5, 5.41) is 3.53. The Labute approximate surface area is 202 Å². The molecule has 2 aromatic carbocycles. The first-order valence-corrected chi connectivity index (χ1v) is 11.3. The molecule has 4 aromatic rings. The van der Waals surface area contributed by atoms with Gasteiger partial charge < -0.3 is 14.4 Å². The van der Waals surface area contributed by atoms with Crippen LogP contribution < -0.4 is 15.0 Å². The molecule has 1 aliphatic rings. The molecule has 8 heteroatoms. The van der Waals surface area contributed by atoms with Crippen molar-refractivity contribution in [2.75, 3.05) is 28.3 Å². The lowest BCUT2D eigenvalue weighted by Crippen LogP contribution is -2.26. The maximum atomic E-state index is 13.8. The van der Waals surface area contributed by atoms with Crippen molar-refractivity contribution in [3.63, 3.8) is 0 Å². The van der Waals surface area contributed by atoms with Crippen LogP contribution in [0.5, 0.6) is 11.5 Å². The standard InChI is InChI=1S/C27H26N4O4/c1-30(2)15-22-19(18-11-10-17(34-3)12-23(18)35-4)13-20-21(25(22)32)14-28-26-24(20)27(33)31(29-26)16-8-6-5-7-9-16/h5-12,14-15,19H,13H2,1-4H3,(H,28,29)/b22-15-. The van der Waals surface area contributed by atoms with E-state index in [0.717, 1.165) is 5.56 Å². The number of ketones is 1. The first kappa shape index (κ1) is 22.5. The molecule has 8 nitrogen and oxygen atoms in total. The van der Waals surface area contributed by atoms with Crippen LogP contribution in [0.15, 0.2) is 71.3 Å². The molecule has 35 heavy (non-hydrogen) atoms. The fourth-order valence-electron chi connectivity index (χ4n) is 4.74. The third-order valence-corrected chi connectivity index (χ3v) is 6.34. The number of benzene rings is 2. The average Bonchev–Trinajstić information content (AvgIpc) is 3.22. The fourth-order valence-corrected chi connectivity index (χ4v) is 4.74. The van der Waals surface area contributed by atoms with Crippen molar-refractivity contribution < 1.29 is 14.3 Å². The number of methoxy groups -OCH3 is 2. The van der Waals surface area contributed by atoms with Crippen molar-refractivity contribution in [3.05, 3.63) is 93.5 Å². The number of rotatable bonds is 5. The molecule has 1 atom stereocenters. The maximum absolute atomic E-state index is 13.8. The smallest absolute Gasteiger partial charge is 0.281 e. The molecule has 0 fully saturated rings. The number of nitrogens with one attached hydrogen (secondary N) is 1. The van der Waals surface area contributed by atoms with Gasteiger partial charge in [0.25, 0.3) is 5.56 Å². The summed E-state index contributed by atoms with van der Waals surface area (Å²) < 4.78 is 12.5. The van der Waals surface area contributed by atoms with E-state index >= 15 is 0 Å². The van der Waals surface area contributed by atoms with E-state index in [2.05, 4.69) is 10.1 Å². The molecule has 2 heterocycles. The number of carbonyl (C=O) groups is 1. The zero-order valence-corrected chi connectivity index (χ0v) is 20.0. The topological polar surface area (TPSA) is 89.4 Å². The first-order chi connectivity index (χ1) is 16.9. The summed E-state index contributed by atoms with van der Waals surface area (Å²) >= 11 is 0. The molecule has 0 radical (unpaired) electrons. The summed E-state index contributed by atoms with van der Waals surface area (Å²) in [6, 6.07) is 14.9. The second-order valence-corrected chi connectivity index (χ2v) is 8.70. The van der Waals surface area contributed by atoms with Crippen LogP contribution >= 0.6 is 0 Å². The number of allylic oxidation sites excluding steroid dienone is 1. The monoisotopic (exact) mass is 470 g/mol. The van der Waals surface area contributed by atoms with Gasteiger partial charge in [-0.25, -0.2) is 9.67 Å². The first-order valence-electron chi connectivity index (χ1n) is 11.3. The summed E-state index contributed by atoms with van der Waals surface area (Å²) in [5.74, 6) is 0.818. The van der Waals surface area contributed by atoms with Crippen molar-refractivity contribution >= 4 is 16.8 Å².